The van der Waals surface area contributed by atoms with Crippen molar-refractivity contribution in [1.29, 1.82) is 0 Å². The number of carbonyl (C=O) groups is 2. The van der Waals surface area contributed by atoms with Crippen molar-refractivity contribution in [2.24, 2.45) is 0 Å². The maximum Gasteiger partial charge on any atom is 0.424 e. The second-order valence-electron chi connectivity index (χ2n) is 8.82. The van der Waals surface area contributed by atoms with Crippen LogP contribution in [0.15, 0.2) is 54.6 Å². The minimum Gasteiger partial charge on any atom is -0.455 e. The third-order valence-electron chi connectivity index (χ3n) is 5.17. The molecule has 1 N–H and O–H groups in total. The Hall–Kier alpha value is -2.98. The van der Waals surface area contributed by atoms with E-state index < -0.39 is 47.2 Å². The van der Waals surface area contributed by atoms with E-state index in [1.165, 1.54) is 11.0 Å². The zero-order valence-electron chi connectivity index (χ0n) is 18.9. The second kappa shape index (κ2) is 9.71. The minimum absolute atomic E-state index is 0.235. The molecule has 182 valence electrons. The molecule has 1 amide bonds. The molecule has 3 rings (SSSR count). The van der Waals surface area contributed by atoms with Gasteiger partial charge in [0.05, 0.1) is 16.6 Å². The lowest BCUT2D eigenvalue weighted by Crippen LogP contribution is -2.47. The van der Waals surface area contributed by atoms with Crippen molar-refractivity contribution in [3.8, 4) is 0 Å². The van der Waals surface area contributed by atoms with E-state index in [4.69, 9.17) is 4.74 Å². The molecule has 0 spiro atoms. The lowest BCUT2D eigenvalue weighted by Gasteiger charge is -2.36. The number of nitrogens with zero attached hydrogens (tertiary/aromatic N) is 2. The summed E-state index contributed by atoms with van der Waals surface area (Å²) in [5.41, 5.74) is -3.05. The Kier molecular flexibility index (Phi) is 7.32. The minimum atomic E-state index is -5.19. The highest BCUT2D eigenvalue weighted by molar-refractivity contribution is 7.18. The first-order valence-electron chi connectivity index (χ1n) is 10.5. The maximum atomic E-state index is 13.8. The van der Waals surface area contributed by atoms with Gasteiger partial charge < -0.3 is 14.7 Å². The van der Waals surface area contributed by atoms with E-state index in [9.17, 15) is 27.9 Å². The van der Waals surface area contributed by atoms with Gasteiger partial charge in [-0.15, -0.1) is 11.3 Å². The van der Waals surface area contributed by atoms with E-state index in [1.54, 1.807) is 39.0 Å². The summed E-state index contributed by atoms with van der Waals surface area (Å²) in [6.07, 6.45) is -6.60. The van der Waals surface area contributed by atoms with Gasteiger partial charge in [-0.05, 0) is 38.5 Å². The summed E-state index contributed by atoms with van der Waals surface area (Å²) in [5.74, 6) is -1.93. The van der Waals surface area contributed by atoms with Crippen molar-refractivity contribution in [2.75, 3.05) is 6.61 Å². The molecule has 1 heterocycles. The van der Waals surface area contributed by atoms with Gasteiger partial charge in [0.15, 0.2) is 6.61 Å². The monoisotopic (exact) mass is 494 g/mol. The second-order valence-corrected chi connectivity index (χ2v) is 9.85. The molecule has 1 atom stereocenters. The van der Waals surface area contributed by atoms with Gasteiger partial charge >= 0.3 is 12.1 Å². The third kappa shape index (κ3) is 5.74. The van der Waals surface area contributed by atoms with Crippen molar-refractivity contribution in [3.63, 3.8) is 0 Å². The highest BCUT2D eigenvalue weighted by Crippen LogP contribution is 2.44. The molecule has 10 heteroatoms. The number of fused-ring (bicyclic) bond motifs is 1. The first kappa shape index (κ1) is 25.6. The molecule has 6 nitrogen and oxygen atoms in total. The summed E-state index contributed by atoms with van der Waals surface area (Å²) in [7, 11) is 0. The lowest BCUT2D eigenvalue weighted by atomic mass is 10.00. The Morgan fingerprint density at radius 3 is 2.24 bits per heavy atom. The number of esters is 1. The number of halogens is 3. The SMILES string of the molecule is CC(C)(C)N(Cc1ccccc1)C(=O)COC(=O)C[C@@](O)(c1nc2ccccc2s1)C(F)(F)F. The average molecular weight is 495 g/mol. The van der Waals surface area contributed by atoms with Crippen molar-refractivity contribution < 1.29 is 32.6 Å². The molecule has 0 bridgehead atoms. The number of alkyl halides is 3. The molecule has 2 aromatic carbocycles. The zero-order valence-corrected chi connectivity index (χ0v) is 19.7. The average Bonchev–Trinajstić information content (AvgIpc) is 3.20. The number of amides is 1. The van der Waals surface area contributed by atoms with Crippen LogP contribution in [0.1, 0.15) is 37.8 Å². The number of hydrogen-bond acceptors (Lipinski definition) is 6. The Morgan fingerprint density at radius 2 is 1.65 bits per heavy atom. The molecule has 0 aliphatic carbocycles. The summed E-state index contributed by atoms with van der Waals surface area (Å²) in [4.78, 5) is 30.5. The van der Waals surface area contributed by atoms with E-state index in [1.807, 2.05) is 30.3 Å². The fourth-order valence-electron chi connectivity index (χ4n) is 3.29. The number of ether oxygens (including phenoxy) is 1. The standard InChI is InChI=1S/C24H25F3N2O4S/c1-22(2,3)29(14-16-9-5-4-6-10-16)19(30)15-33-20(31)13-23(32,24(25,26)27)21-28-17-11-7-8-12-18(17)34-21/h4-12,32H,13-15H2,1-3H3/t23-/m1/s1. The van der Waals surface area contributed by atoms with Gasteiger partial charge in [-0.2, -0.15) is 13.2 Å². The number of benzene rings is 2. The first-order chi connectivity index (χ1) is 15.8. The molecular weight excluding hydrogens is 469 g/mol. The largest absolute Gasteiger partial charge is 0.455 e. The van der Waals surface area contributed by atoms with E-state index in [2.05, 4.69) is 4.98 Å². The molecule has 1 aromatic heterocycles. The molecule has 0 aliphatic heterocycles. The number of aromatic nitrogens is 1. The maximum absolute atomic E-state index is 13.8. The van der Waals surface area contributed by atoms with E-state index in [0.29, 0.717) is 16.0 Å². The quantitative estimate of drug-likeness (QED) is 0.477. The van der Waals surface area contributed by atoms with E-state index >= 15 is 0 Å². The summed E-state index contributed by atoms with van der Waals surface area (Å²) in [5, 5.41) is 9.85. The van der Waals surface area contributed by atoms with Crippen LogP contribution in [-0.4, -0.2) is 45.2 Å². The number of thiazole rings is 1. The fraction of sp³-hybridized carbons (Fsp3) is 0.375. The summed E-state index contributed by atoms with van der Waals surface area (Å²) < 4.78 is 46.8. The number of hydrogen-bond donors (Lipinski definition) is 1. The van der Waals surface area contributed by atoms with E-state index in [0.717, 1.165) is 5.56 Å². The van der Waals surface area contributed by atoms with Crippen molar-refractivity contribution in [2.45, 2.75) is 51.1 Å². The van der Waals surface area contributed by atoms with Gasteiger partial charge in [0.2, 0.25) is 5.60 Å². The normalized spacial score (nSPS) is 14.0. The highest BCUT2D eigenvalue weighted by atomic mass is 32.1. The van der Waals surface area contributed by atoms with Crippen LogP contribution in [0.3, 0.4) is 0 Å². The van der Waals surface area contributed by atoms with Gasteiger partial charge in [-0.1, -0.05) is 42.5 Å². The highest BCUT2D eigenvalue weighted by Gasteiger charge is 2.58. The molecular formula is C24H25F3N2O4S. The summed E-state index contributed by atoms with van der Waals surface area (Å²) in [6, 6.07) is 15.5. The molecule has 0 saturated heterocycles. The first-order valence-corrected chi connectivity index (χ1v) is 11.3. The van der Waals surface area contributed by atoms with Gasteiger partial charge in [0.1, 0.15) is 5.01 Å². The third-order valence-corrected chi connectivity index (χ3v) is 6.36. The lowest BCUT2D eigenvalue weighted by molar-refractivity contribution is -0.269. The van der Waals surface area contributed by atoms with E-state index in [-0.39, 0.29) is 12.1 Å². The van der Waals surface area contributed by atoms with Crippen LogP contribution in [0.4, 0.5) is 13.2 Å². The number of aliphatic hydroxyl groups is 1. The van der Waals surface area contributed by atoms with Crippen molar-refractivity contribution in [3.05, 3.63) is 65.2 Å². The van der Waals surface area contributed by atoms with Crippen LogP contribution >= 0.6 is 11.3 Å². The van der Waals surface area contributed by atoms with Gasteiger partial charge in [-0.25, -0.2) is 4.98 Å². The number of carbonyl (C=O) groups excluding carboxylic acids is 2. The predicted molar refractivity (Wildman–Crippen MR) is 122 cm³/mol. The van der Waals surface area contributed by atoms with Crippen LogP contribution in [0.25, 0.3) is 10.2 Å². The number of para-hydroxylation sites is 1. The van der Waals surface area contributed by atoms with Gasteiger partial charge in [0.25, 0.3) is 5.91 Å². The molecule has 0 aliphatic rings. The zero-order chi connectivity index (χ0) is 25.1. The van der Waals surface area contributed by atoms with Crippen LogP contribution in [-0.2, 0) is 26.5 Å². The Morgan fingerprint density at radius 1 is 1.03 bits per heavy atom. The van der Waals surface area contributed by atoms with Crippen molar-refractivity contribution in [1.82, 2.24) is 9.88 Å². The van der Waals surface area contributed by atoms with Crippen LogP contribution < -0.4 is 0 Å². The fourth-order valence-corrected chi connectivity index (χ4v) is 4.37. The number of rotatable bonds is 7. The smallest absolute Gasteiger partial charge is 0.424 e. The Balaban J connectivity index is 1.73. The Labute approximate surface area is 199 Å². The molecule has 0 unspecified atom stereocenters. The molecule has 0 radical (unpaired) electrons. The van der Waals surface area contributed by atoms with Crippen LogP contribution in [0, 0.1) is 0 Å². The molecule has 0 saturated carbocycles. The van der Waals surface area contributed by atoms with Crippen LogP contribution in [0.2, 0.25) is 0 Å². The van der Waals surface area contributed by atoms with Gasteiger partial charge in [0, 0.05) is 12.1 Å². The van der Waals surface area contributed by atoms with Crippen LogP contribution in [0.5, 0.6) is 0 Å². The summed E-state index contributed by atoms with van der Waals surface area (Å²) >= 11 is 0.643. The Bertz CT molecular complexity index is 1130. The molecule has 3 aromatic rings. The topological polar surface area (TPSA) is 79.7 Å². The molecule has 34 heavy (non-hydrogen) atoms. The molecule has 0 fully saturated rings. The predicted octanol–water partition coefficient (Wildman–Crippen LogP) is 4.81. The van der Waals surface area contributed by atoms with Crippen molar-refractivity contribution >= 4 is 33.4 Å². The summed E-state index contributed by atoms with van der Waals surface area (Å²) in [6.45, 7) is 4.87. The van der Waals surface area contributed by atoms with Gasteiger partial charge in [-0.3, -0.25) is 9.59 Å².